The van der Waals surface area contributed by atoms with Gasteiger partial charge in [0, 0.05) is 38.9 Å². The molecule has 114 valence electrons. The van der Waals surface area contributed by atoms with Gasteiger partial charge in [0.25, 0.3) is 5.91 Å². The van der Waals surface area contributed by atoms with E-state index in [1.807, 2.05) is 23.1 Å². The lowest BCUT2D eigenvalue weighted by molar-refractivity contribution is -0.141. The zero-order chi connectivity index (χ0) is 14.7. The number of carbonyl (C=O) groups is 1. The van der Waals surface area contributed by atoms with E-state index in [1.165, 1.54) is 0 Å². The van der Waals surface area contributed by atoms with Crippen molar-refractivity contribution in [3.05, 3.63) is 18.2 Å². The maximum absolute atomic E-state index is 12.3. The average molecular weight is 291 g/mol. The molecule has 0 aliphatic carbocycles. The topological polar surface area (TPSA) is 54.9 Å². The van der Waals surface area contributed by atoms with E-state index in [1.54, 1.807) is 7.11 Å². The highest BCUT2D eigenvalue weighted by atomic mass is 16.5. The molecule has 2 aliphatic heterocycles. The fourth-order valence-electron chi connectivity index (χ4n) is 2.83. The maximum Gasteiger partial charge on any atom is 0.251 e. The molecular weight excluding hydrogens is 270 g/mol. The lowest BCUT2D eigenvalue weighted by Crippen LogP contribution is -2.51. The first-order valence-electron chi connectivity index (χ1n) is 7.44. The van der Waals surface area contributed by atoms with Crippen LogP contribution in [0.4, 0.5) is 5.82 Å². The average Bonchev–Trinajstić information content (AvgIpc) is 3.09. The Morgan fingerprint density at radius 3 is 2.81 bits per heavy atom. The van der Waals surface area contributed by atoms with Crippen LogP contribution in [0.3, 0.4) is 0 Å². The molecule has 6 nitrogen and oxygen atoms in total. The molecule has 21 heavy (non-hydrogen) atoms. The van der Waals surface area contributed by atoms with E-state index in [2.05, 4.69) is 9.88 Å². The number of hydrogen-bond acceptors (Lipinski definition) is 5. The van der Waals surface area contributed by atoms with Crippen molar-refractivity contribution in [1.82, 2.24) is 9.88 Å². The van der Waals surface area contributed by atoms with Gasteiger partial charge in [0.05, 0.1) is 7.11 Å². The number of hydrogen-bond donors (Lipinski definition) is 0. The SMILES string of the molecule is COc1cccc(N2CCN(C(=O)C3CCCO3)CC2)n1. The van der Waals surface area contributed by atoms with E-state index in [-0.39, 0.29) is 12.0 Å². The summed E-state index contributed by atoms with van der Waals surface area (Å²) >= 11 is 0. The van der Waals surface area contributed by atoms with Crippen LogP contribution in [0.1, 0.15) is 12.8 Å². The zero-order valence-electron chi connectivity index (χ0n) is 12.3. The van der Waals surface area contributed by atoms with Gasteiger partial charge in [-0.15, -0.1) is 0 Å². The Bertz CT molecular complexity index is 495. The molecule has 0 aromatic carbocycles. The molecule has 0 N–H and O–H groups in total. The summed E-state index contributed by atoms with van der Waals surface area (Å²) in [6.07, 6.45) is 1.63. The van der Waals surface area contributed by atoms with E-state index in [0.29, 0.717) is 12.5 Å². The number of methoxy groups -OCH3 is 1. The summed E-state index contributed by atoms with van der Waals surface area (Å²) in [5.41, 5.74) is 0. The third kappa shape index (κ3) is 3.10. The molecule has 2 fully saturated rings. The number of carbonyl (C=O) groups excluding carboxylic acids is 1. The molecule has 6 heteroatoms. The number of aromatic nitrogens is 1. The second-order valence-electron chi connectivity index (χ2n) is 5.35. The van der Waals surface area contributed by atoms with Crippen molar-refractivity contribution in [3.63, 3.8) is 0 Å². The van der Waals surface area contributed by atoms with Crippen molar-refractivity contribution in [3.8, 4) is 5.88 Å². The van der Waals surface area contributed by atoms with Crippen LogP contribution in [-0.2, 0) is 9.53 Å². The van der Waals surface area contributed by atoms with Crippen LogP contribution in [0.25, 0.3) is 0 Å². The van der Waals surface area contributed by atoms with Gasteiger partial charge >= 0.3 is 0 Å². The van der Waals surface area contributed by atoms with Gasteiger partial charge in [0.15, 0.2) is 0 Å². The summed E-state index contributed by atoms with van der Waals surface area (Å²) in [7, 11) is 1.62. The highest BCUT2D eigenvalue weighted by Gasteiger charge is 2.30. The monoisotopic (exact) mass is 291 g/mol. The van der Waals surface area contributed by atoms with Gasteiger partial charge in [-0.1, -0.05) is 6.07 Å². The standard InChI is InChI=1S/C15H21N3O3/c1-20-14-6-2-5-13(16-14)17-7-9-18(10-8-17)15(19)12-4-3-11-21-12/h2,5-6,12H,3-4,7-11H2,1H3. The maximum atomic E-state index is 12.3. The molecule has 1 aromatic rings. The smallest absolute Gasteiger partial charge is 0.251 e. The van der Waals surface area contributed by atoms with Crippen LogP contribution in [0, 0.1) is 0 Å². The molecule has 3 rings (SSSR count). The summed E-state index contributed by atoms with van der Waals surface area (Å²) in [5, 5.41) is 0. The molecule has 0 radical (unpaired) electrons. The Morgan fingerprint density at radius 2 is 2.14 bits per heavy atom. The molecular formula is C15H21N3O3. The number of nitrogens with zero attached hydrogens (tertiary/aromatic N) is 3. The molecule has 3 heterocycles. The van der Waals surface area contributed by atoms with Crippen molar-refractivity contribution in [2.75, 3.05) is 44.8 Å². The van der Waals surface area contributed by atoms with Crippen LogP contribution in [0.2, 0.25) is 0 Å². The Kier molecular flexibility index (Phi) is 4.24. The minimum absolute atomic E-state index is 0.144. The second kappa shape index (κ2) is 6.30. The molecule has 2 saturated heterocycles. The fraction of sp³-hybridized carbons (Fsp3) is 0.600. The minimum Gasteiger partial charge on any atom is -0.481 e. The summed E-state index contributed by atoms with van der Waals surface area (Å²) in [6.45, 7) is 3.73. The van der Waals surface area contributed by atoms with E-state index in [4.69, 9.17) is 9.47 Å². The van der Waals surface area contributed by atoms with Crippen molar-refractivity contribution >= 4 is 11.7 Å². The van der Waals surface area contributed by atoms with Gasteiger partial charge < -0.3 is 19.3 Å². The first-order chi connectivity index (χ1) is 10.3. The number of pyridine rings is 1. The quantitative estimate of drug-likeness (QED) is 0.829. The molecule has 1 unspecified atom stereocenters. The number of anilines is 1. The van der Waals surface area contributed by atoms with Crippen LogP contribution in [-0.4, -0.2) is 61.8 Å². The van der Waals surface area contributed by atoms with Crippen molar-refractivity contribution in [1.29, 1.82) is 0 Å². The van der Waals surface area contributed by atoms with Gasteiger partial charge in [0.2, 0.25) is 5.88 Å². The number of rotatable bonds is 3. The summed E-state index contributed by atoms with van der Waals surface area (Å²) < 4.78 is 10.6. The van der Waals surface area contributed by atoms with Gasteiger partial charge in [-0.3, -0.25) is 4.79 Å². The Balaban J connectivity index is 1.58. The van der Waals surface area contributed by atoms with E-state index >= 15 is 0 Å². The third-order valence-electron chi connectivity index (χ3n) is 4.04. The van der Waals surface area contributed by atoms with Gasteiger partial charge in [-0.25, -0.2) is 0 Å². The summed E-state index contributed by atoms with van der Waals surface area (Å²) in [6, 6.07) is 5.74. The molecule has 0 saturated carbocycles. The van der Waals surface area contributed by atoms with Gasteiger partial charge in [0.1, 0.15) is 11.9 Å². The van der Waals surface area contributed by atoms with Crippen molar-refractivity contribution in [2.24, 2.45) is 0 Å². The number of amides is 1. The van der Waals surface area contributed by atoms with Crippen LogP contribution >= 0.6 is 0 Å². The summed E-state index contributed by atoms with van der Waals surface area (Å²) in [4.78, 5) is 20.8. The van der Waals surface area contributed by atoms with E-state index < -0.39 is 0 Å². The normalized spacial score (nSPS) is 22.4. The predicted molar refractivity (Wildman–Crippen MR) is 78.6 cm³/mol. The molecule has 0 spiro atoms. The lowest BCUT2D eigenvalue weighted by atomic mass is 10.2. The van der Waals surface area contributed by atoms with Crippen LogP contribution < -0.4 is 9.64 Å². The van der Waals surface area contributed by atoms with Crippen molar-refractivity contribution < 1.29 is 14.3 Å². The first-order valence-corrected chi connectivity index (χ1v) is 7.44. The van der Waals surface area contributed by atoms with E-state index in [9.17, 15) is 4.79 Å². The Labute approximate surface area is 124 Å². The Hall–Kier alpha value is -1.82. The highest BCUT2D eigenvalue weighted by molar-refractivity contribution is 5.81. The van der Waals surface area contributed by atoms with Gasteiger partial charge in [-0.05, 0) is 18.9 Å². The Morgan fingerprint density at radius 1 is 1.33 bits per heavy atom. The largest absolute Gasteiger partial charge is 0.481 e. The summed E-state index contributed by atoms with van der Waals surface area (Å²) in [5.74, 6) is 1.66. The predicted octanol–water partition coefficient (Wildman–Crippen LogP) is 0.918. The molecule has 1 atom stereocenters. The zero-order valence-corrected chi connectivity index (χ0v) is 12.3. The highest BCUT2D eigenvalue weighted by Crippen LogP contribution is 2.19. The number of piperazine rings is 1. The second-order valence-corrected chi connectivity index (χ2v) is 5.35. The van der Waals surface area contributed by atoms with Gasteiger partial charge in [-0.2, -0.15) is 4.98 Å². The van der Waals surface area contributed by atoms with Crippen LogP contribution in [0.15, 0.2) is 18.2 Å². The van der Waals surface area contributed by atoms with Crippen LogP contribution in [0.5, 0.6) is 5.88 Å². The minimum atomic E-state index is -0.216. The lowest BCUT2D eigenvalue weighted by Gasteiger charge is -2.36. The van der Waals surface area contributed by atoms with E-state index in [0.717, 1.165) is 44.8 Å². The molecule has 1 aromatic heterocycles. The molecule has 0 bridgehead atoms. The third-order valence-corrected chi connectivity index (χ3v) is 4.04. The van der Waals surface area contributed by atoms with Crippen molar-refractivity contribution in [2.45, 2.75) is 18.9 Å². The first kappa shape index (κ1) is 14.1. The molecule has 2 aliphatic rings. The number of ether oxygens (including phenoxy) is 2. The molecule has 1 amide bonds. The fourth-order valence-corrected chi connectivity index (χ4v) is 2.83.